The van der Waals surface area contributed by atoms with Gasteiger partial charge in [-0.05, 0) is 18.9 Å². The van der Waals surface area contributed by atoms with E-state index in [1.807, 2.05) is 6.07 Å². The molecule has 10 nitrogen and oxygen atoms in total. The van der Waals surface area contributed by atoms with Crippen LogP contribution in [0.25, 0.3) is 0 Å². The summed E-state index contributed by atoms with van der Waals surface area (Å²) in [7, 11) is -3.25. The predicted octanol–water partition coefficient (Wildman–Crippen LogP) is -0.158. The van der Waals surface area contributed by atoms with Crippen molar-refractivity contribution in [3.63, 3.8) is 0 Å². The fourth-order valence-corrected chi connectivity index (χ4v) is 4.83. The number of urea groups is 1. The molecule has 1 unspecified atom stereocenters. The van der Waals surface area contributed by atoms with Crippen LogP contribution >= 0.6 is 0 Å². The van der Waals surface area contributed by atoms with Gasteiger partial charge >= 0.3 is 6.03 Å². The zero-order valence-electron chi connectivity index (χ0n) is 17.1. The van der Waals surface area contributed by atoms with Crippen LogP contribution in [0.15, 0.2) is 30.3 Å². The number of hydrogen-bond donors (Lipinski definition) is 2. The molecule has 11 heteroatoms. The third-order valence-corrected chi connectivity index (χ3v) is 7.46. The maximum atomic E-state index is 13.0. The van der Waals surface area contributed by atoms with Crippen molar-refractivity contribution in [1.29, 1.82) is 0 Å². The van der Waals surface area contributed by atoms with Crippen LogP contribution in [0, 0.1) is 0 Å². The Morgan fingerprint density at radius 2 is 1.73 bits per heavy atom. The van der Waals surface area contributed by atoms with Crippen LogP contribution in [0.3, 0.4) is 0 Å². The van der Waals surface area contributed by atoms with Gasteiger partial charge < -0.3 is 5.32 Å². The van der Waals surface area contributed by atoms with Crippen LogP contribution < -0.4 is 10.7 Å². The average Bonchev–Trinajstić information content (AvgIpc) is 3.00. The molecular weight excluding hydrogens is 410 g/mol. The number of rotatable bonds is 7. The fourth-order valence-electron chi connectivity index (χ4n) is 3.75. The number of carbonyl (C=O) groups is 3. The Morgan fingerprint density at radius 1 is 1.10 bits per heavy atom. The number of carbonyl (C=O) groups excluding carboxylic acids is 3. The van der Waals surface area contributed by atoms with Crippen LogP contribution in [-0.4, -0.2) is 79.0 Å². The van der Waals surface area contributed by atoms with Gasteiger partial charge in [0.2, 0.25) is 10.0 Å². The minimum Gasteiger partial charge on any atom is -0.318 e. The lowest BCUT2D eigenvalue weighted by molar-refractivity contribution is -0.140. The molecule has 164 valence electrons. The molecule has 0 saturated carbocycles. The molecule has 2 heterocycles. The smallest absolute Gasteiger partial charge is 0.318 e. The summed E-state index contributed by atoms with van der Waals surface area (Å²) >= 11 is 0. The van der Waals surface area contributed by atoms with E-state index in [2.05, 4.69) is 10.7 Å². The molecule has 3 rings (SSSR count). The van der Waals surface area contributed by atoms with Gasteiger partial charge in [0.25, 0.3) is 11.8 Å². The van der Waals surface area contributed by atoms with Crippen molar-refractivity contribution in [3.8, 4) is 0 Å². The van der Waals surface area contributed by atoms with Crippen molar-refractivity contribution in [2.24, 2.45) is 0 Å². The summed E-state index contributed by atoms with van der Waals surface area (Å²) in [5.41, 5.74) is 1.83. The van der Waals surface area contributed by atoms with E-state index in [1.165, 1.54) is 4.31 Å². The number of nitrogens with one attached hydrogen (secondary N) is 2. The van der Waals surface area contributed by atoms with Gasteiger partial charge in [0.05, 0.1) is 12.3 Å². The predicted molar refractivity (Wildman–Crippen MR) is 109 cm³/mol. The molecule has 0 aromatic heterocycles. The highest BCUT2D eigenvalue weighted by molar-refractivity contribution is 7.89. The SMILES string of the molecule is CCC1(c2ccccc2)NC(=O)N(NC(=O)CN2CCN(S(=O)(=O)CC)CC2)C1=O. The third-order valence-electron chi connectivity index (χ3n) is 5.58. The van der Waals surface area contributed by atoms with E-state index < -0.39 is 33.4 Å². The standard InChI is InChI=1S/C19H27N5O5S/c1-3-19(15-8-6-5-7-9-15)17(26)24(18(27)20-19)21-16(25)14-22-10-12-23(13-11-22)30(28,29)4-2/h5-9H,3-4,10-14H2,1-2H3,(H,20,27)(H,21,25). The lowest BCUT2D eigenvalue weighted by Crippen LogP contribution is -2.54. The van der Waals surface area contributed by atoms with E-state index in [-0.39, 0.29) is 12.3 Å². The number of amides is 4. The maximum absolute atomic E-state index is 13.0. The molecule has 0 aliphatic carbocycles. The first kappa shape index (κ1) is 22.2. The van der Waals surface area contributed by atoms with Gasteiger partial charge in [-0.1, -0.05) is 37.3 Å². The summed E-state index contributed by atoms with van der Waals surface area (Å²) in [6.07, 6.45) is 0.335. The average molecular weight is 438 g/mol. The molecule has 4 amide bonds. The monoisotopic (exact) mass is 437 g/mol. The van der Waals surface area contributed by atoms with Crippen molar-refractivity contribution in [2.75, 3.05) is 38.5 Å². The van der Waals surface area contributed by atoms with Crippen LogP contribution in [0.2, 0.25) is 0 Å². The molecule has 30 heavy (non-hydrogen) atoms. The molecule has 0 bridgehead atoms. The van der Waals surface area contributed by atoms with Gasteiger partial charge in [0, 0.05) is 26.2 Å². The Kier molecular flexibility index (Phi) is 6.44. The van der Waals surface area contributed by atoms with Crippen molar-refractivity contribution >= 4 is 27.9 Å². The number of piperazine rings is 1. The summed E-state index contributed by atoms with van der Waals surface area (Å²) in [4.78, 5) is 39.7. The molecule has 1 aromatic carbocycles. The van der Waals surface area contributed by atoms with E-state index in [0.29, 0.717) is 38.2 Å². The second kappa shape index (κ2) is 8.70. The summed E-state index contributed by atoms with van der Waals surface area (Å²) in [6, 6.07) is 8.22. The van der Waals surface area contributed by atoms with E-state index in [9.17, 15) is 22.8 Å². The Hall–Kier alpha value is -2.50. The molecule has 0 radical (unpaired) electrons. The molecule has 2 N–H and O–H groups in total. The van der Waals surface area contributed by atoms with Crippen molar-refractivity contribution in [2.45, 2.75) is 25.8 Å². The minimum absolute atomic E-state index is 0.0401. The van der Waals surface area contributed by atoms with Crippen LogP contribution in [0.1, 0.15) is 25.8 Å². The highest BCUT2D eigenvalue weighted by atomic mass is 32.2. The number of hydrazine groups is 1. The zero-order valence-corrected chi connectivity index (χ0v) is 17.9. The number of imide groups is 1. The highest BCUT2D eigenvalue weighted by Crippen LogP contribution is 2.31. The van der Waals surface area contributed by atoms with Gasteiger partial charge in [0.15, 0.2) is 0 Å². The van der Waals surface area contributed by atoms with Crippen LogP contribution in [0.4, 0.5) is 4.79 Å². The molecule has 2 fully saturated rings. The number of sulfonamides is 1. The zero-order chi connectivity index (χ0) is 21.9. The molecular formula is C19H27N5O5S. The Bertz CT molecular complexity index is 915. The van der Waals surface area contributed by atoms with E-state index in [0.717, 1.165) is 5.01 Å². The van der Waals surface area contributed by atoms with Crippen LogP contribution in [-0.2, 0) is 25.2 Å². The Morgan fingerprint density at radius 3 is 2.30 bits per heavy atom. The topological polar surface area (TPSA) is 119 Å². The normalized spacial score (nSPS) is 23.5. The van der Waals surface area contributed by atoms with Gasteiger partial charge in [-0.3, -0.25) is 19.9 Å². The number of nitrogens with zero attached hydrogens (tertiary/aromatic N) is 3. The Labute approximate surface area is 176 Å². The molecule has 2 saturated heterocycles. The number of hydrogen-bond acceptors (Lipinski definition) is 6. The summed E-state index contributed by atoms with van der Waals surface area (Å²) in [6.45, 7) is 4.76. The van der Waals surface area contributed by atoms with Gasteiger partial charge in [0.1, 0.15) is 5.54 Å². The molecule has 2 aliphatic rings. The fraction of sp³-hybridized carbons (Fsp3) is 0.526. The lowest BCUT2D eigenvalue weighted by Gasteiger charge is -2.33. The third kappa shape index (κ3) is 4.18. The van der Waals surface area contributed by atoms with Gasteiger partial charge in [-0.2, -0.15) is 9.31 Å². The molecule has 1 atom stereocenters. The largest absolute Gasteiger partial charge is 0.344 e. The van der Waals surface area contributed by atoms with Gasteiger partial charge in [-0.15, -0.1) is 0 Å². The van der Waals surface area contributed by atoms with Crippen molar-refractivity contribution in [3.05, 3.63) is 35.9 Å². The molecule has 0 spiro atoms. The van der Waals surface area contributed by atoms with Crippen molar-refractivity contribution < 1.29 is 22.8 Å². The first-order chi connectivity index (χ1) is 14.2. The minimum atomic E-state index is -3.25. The second-order valence-corrected chi connectivity index (χ2v) is 9.56. The van der Waals surface area contributed by atoms with E-state index >= 15 is 0 Å². The van der Waals surface area contributed by atoms with Gasteiger partial charge in [-0.25, -0.2) is 13.2 Å². The summed E-state index contributed by atoms with van der Waals surface area (Å²) < 4.78 is 25.3. The maximum Gasteiger partial charge on any atom is 0.344 e. The quantitative estimate of drug-likeness (QED) is 0.573. The lowest BCUT2D eigenvalue weighted by atomic mass is 9.87. The first-order valence-corrected chi connectivity index (χ1v) is 11.6. The van der Waals surface area contributed by atoms with E-state index in [4.69, 9.17) is 0 Å². The Balaban J connectivity index is 1.61. The van der Waals surface area contributed by atoms with E-state index in [1.54, 1.807) is 43.0 Å². The second-order valence-electron chi connectivity index (χ2n) is 7.31. The number of benzene rings is 1. The highest BCUT2D eigenvalue weighted by Gasteiger charge is 2.52. The van der Waals surface area contributed by atoms with Crippen LogP contribution in [0.5, 0.6) is 0 Å². The first-order valence-electron chi connectivity index (χ1n) is 9.95. The summed E-state index contributed by atoms with van der Waals surface area (Å²) in [5, 5.41) is 3.44. The van der Waals surface area contributed by atoms with Crippen molar-refractivity contribution in [1.82, 2.24) is 25.0 Å². The molecule has 2 aliphatic heterocycles. The summed E-state index contributed by atoms with van der Waals surface area (Å²) in [5.74, 6) is -1.00. The molecule has 1 aromatic rings.